The number of aromatic nitrogens is 1. The Balaban J connectivity index is 2.25. The van der Waals surface area contributed by atoms with Gasteiger partial charge in [0.2, 0.25) is 10.0 Å². The number of hydrogen-bond donors (Lipinski definition) is 3. The van der Waals surface area contributed by atoms with Crippen molar-refractivity contribution in [1.82, 2.24) is 15.0 Å². The number of fused-ring (bicyclic) bond motifs is 1. The molecule has 0 atom stereocenters. The van der Waals surface area contributed by atoms with Crippen LogP contribution in [0.25, 0.3) is 10.9 Å². The number of H-pyrrole nitrogens is 1. The fourth-order valence-electron chi connectivity index (χ4n) is 2.21. The SMILES string of the molecule is CCNCCc1c[nH]c2ccc(CS(=O)(=O)NC)cc12. The minimum atomic E-state index is -3.23. The van der Waals surface area contributed by atoms with Crippen LogP contribution >= 0.6 is 0 Å². The molecule has 5 nitrogen and oxygen atoms in total. The average molecular weight is 295 g/mol. The van der Waals surface area contributed by atoms with E-state index in [9.17, 15) is 8.42 Å². The van der Waals surface area contributed by atoms with E-state index in [2.05, 4.69) is 21.9 Å². The first-order valence-electron chi connectivity index (χ1n) is 6.76. The summed E-state index contributed by atoms with van der Waals surface area (Å²) in [5.41, 5.74) is 3.06. The molecule has 20 heavy (non-hydrogen) atoms. The van der Waals surface area contributed by atoms with Crippen molar-refractivity contribution in [2.75, 3.05) is 20.1 Å². The van der Waals surface area contributed by atoms with Crippen molar-refractivity contribution < 1.29 is 8.42 Å². The van der Waals surface area contributed by atoms with Gasteiger partial charge in [0.25, 0.3) is 0 Å². The van der Waals surface area contributed by atoms with Crippen molar-refractivity contribution in [1.29, 1.82) is 0 Å². The average Bonchev–Trinajstić information content (AvgIpc) is 2.81. The normalized spacial score (nSPS) is 12.1. The summed E-state index contributed by atoms with van der Waals surface area (Å²) >= 11 is 0. The Hall–Kier alpha value is -1.37. The second-order valence-corrected chi connectivity index (χ2v) is 6.69. The van der Waals surface area contributed by atoms with Gasteiger partial charge in [0.15, 0.2) is 0 Å². The molecular formula is C14H21N3O2S. The van der Waals surface area contributed by atoms with Gasteiger partial charge >= 0.3 is 0 Å². The zero-order valence-electron chi connectivity index (χ0n) is 11.9. The first kappa shape index (κ1) is 15.0. The summed E-state index contributed by atoms with van der Waals surface area (Å²) in [6, 6.07) is 5.75. The number of likely N-dealkylation sites (N-methyl/N-ethyl adjacent to an activating group) is 1. The number of rotatable bonds is 7. The summed E-state index contributed by atoms with van der Waals surface area (Å²) < 4.78 is 25.6. The minimum absolute atomic E-state index is 0.0112. The molecule has 110 valence electrons. The fraction of sp³-hybridized carbons (Fsp3) is 0.429. The Morgan fingerprint density at radius 3 is 2.80 bits per heavy atom. The van der Waals surface area contributed by atoms with Crippen molar-refractivity contribution in [3.8, 4) is 0 Å². The smallest absolute Gasteiger partial charge is 0.215 e. The van der Waals surface area contributed by atoms with Gasteiger partial charge in [-0.05, 0) is 49.8 Å². The van der Waals surface area contributed by atoms with Gasteiger partial charge in [-0.15, -0.1) is 0 Å². The largest absolute Gasteiger partial charge is 0.361 e. The Morgan fingerprint density at radius 2 is 2.10 bits per heavy atom. The Morgan fingerprint density at radius 1 is 1.30 bits per heavy atom. The molecule has 6 heteroatoms. The van der Waals surface area contributed by atoms with Gasteiger partial charge < -0.3 is 10.3 Å². The van der Waals surface area contributed by atoms with Gasteiger partial charge in [-0.25, -0.2) is 13.1 Å². The van der Waals surface area contributed by atoms with E-state index in [1.807, 2.05) is 24.4 Å². The van der Waals surface area contributed by atoms with E-state index in [1.54, 1.807) is 0 Å². The van der Waals surface area contributed by atoms with Crippen LogP contribution in [0.4, 0.5) is 0 Å². The second-order valence-electron chi connectivity index (χ2n) is 4.76. The first-order valence-corrected chi connectivity index (χ1v) is 8.42. The lowest BCUT2D eigenvalue weighted by molar-refractivity contribution is 0.587. The molecule has 1 aromatic carbocycles. The van der Waals surface area contributed by atoms with Crippen LogP contribution < -0.4 is 10.0 Å². The molecule has 0 unspecified atom stereocenters. The highest BCUT2D eigenvalue weighted by molar-refractivity contribution is 7.88. The highest BCUT2D eigenvalue weighted by Crippen LogP contribution is 2.21. The molecule has 0 aliphatic carbocycles. The third-order valence-corrected chi connectivity index (χ3v) is 4.66. The van der Waals surface area contributed by atoms with E-state index in [0.717, 1.165) is 36.0 Å². The van der Waals surface area contributed by atoms with E-state index >= 15 is 0 Å². The summed E-state index contributed by atoms with van der Waals surface area (Å²) in [5, 5.41) is 4.40. The Bertz CT molecular complexity index is 677. The summed E-state index contributed by atoms with van der Waals surface area (Å²) in [6.07, 6.45) is 2.93. The van der Waals surface area contributed by atoms with Gasteiger partial charge in [-0.2, -0.15) is 0 Å². The van der Waals surface area contributed by atoms with Crippen molar-refractivity contribution >= 4 is 20.9 Å². The molecule has 0 saturated carbocycles. The zero-order valence-corrected chi connectivity index (χ0v) is 12.7. The van der Waals surface area contributed by atoms with Crippen molar-refractivity contribution in [3.63, 3.8) is 0 Å². The Labute approximate surface area is 119 Å². The lowest BCUT2D eigenvalue weighted by Gasteiger charge is -2.04. The minimum Gasteiger partial charge on any atom is -0.361 e. The topological polar surface area (TPSA) is 74.0 Å². The van der Waals surface area contributed by atoms with E-state index < -0.39 is 10.0 Å². The Kier molecular flexibility index (Phi) is 4.80. The molecule has 0 amide bonds. The first-order chi connectivity index (χ1) is 9.55. The van der Waals surface area contributed by atoms with Crippen molar-refractivity contribution in [3.05, 3.63) is 35.5 Å². The van der Waals surface area contributed by atoms with E-state index in [-0.39, 0.29) is 5.75 Å². The lowest BCUT2D eigenvalue weighted by Crippen LogP contribution is -2.20. The van der Waals surface area contributed by atoms with Gasteiger partial charge in [0, 0.05) is 17.1 Å². The number of nitrogens with one attached hydrogen (secondary N) is 3. The van der Waals surface area contributed by atoms with Crippen LogP contribution in [0.5, 0.6) is 0 Å². The molecule has 1 heterocycles. The third kappa shape index (κ3) is 3.59. The molecule has 0 saturated heterocycles. The molecule has 2 rings (SSSR count). The molecule has 0 spiro atoms. The number of hydrogen-bond acceptors (Lipinski definition) is 3. The van der Waals surface area contributed by atoms with Crippen LogP contribution in [0.2, 0.25) is 0 Å². The maximum absolute atomic E-state index is 11.6. The maximum Gasteiger partial charge on any atom is 0.215 e. The summed E-state index contributed by atoms with van der Waals surface area (Å²) in [7, 11) is -1.79. The molecular weight excluding hydrogens is 274 g/mol. The summed E-state index contributed by atoms with van der Waals surface area (Å²) in [5.74, 6) is 0.0112. The number of benzene rings is 1. The van der Waals surface area contributed by atoms with Gasteiger partial charge in [-0.3, -0.25) is 0 Å². The maximum atomic E-state index is 11.6. The predicted molar refractivity (Wildman–Crippen MR) is 82.2 cm³/mol. The highest BCUT2D eigenvalue weighted by Gasteiger charge is 2.10. The molecule has 0 radical (unpaired) electrons. The molecule has 0 bridgehead atoms. The van der Waals surface area contributed by atoms with Crippen LogP contribution in [-0.2, 0) is 22.2 Å². The third-order valence-electron chi connectivity index (χ3n) is 3.32. The van der Waals surface area contributed by atoms with Crippen molar-refractivity contribution in [2.45, 2.75) is 19.1 Å². The second kappa shape index (κ2) is 6.39. The molecule has 1 aromatic heterocycles. The van der Waals surface area contributed by atoms with Crippen LogP contribution in [0, 0.1) is 0 Å². The van der Waals surface area contributed by atoms with Crippen LogP contribution in [0.3, 0.4) is 0 Å². The number of sulfonamides is 1. The van der Waals surface area contributed by atoms with E-state index in [1.165, 1.54) is 12.6 Å². The fourth-order valence-corrected chi connectivity index (χ4v) is 2.98. The predicted octanol–water partition coefficient (Wildman–Crippen LogP) is 1.37. The monoisotopic (exact) mass is 295 g/mol. The molecule has 3 N–H and O–H groups in total. The summed E-state index contributed by atoms with van der Waals surface area (Å²) in [4.78, 5) is 3.23. The standard InChI is InChI=1S/C14H21N3O2S/c1-3-16-7-6-12-9-17-14-5-4-11(8-13(12)14)10-20(18,19)15-2/h4-5,8-9,15-17H,3,6-7,10H2,1-2H3. The quantitative estimate of drug-likeness (QED) is 0.675. The van der Waals surface area contributed by atoms with E-state index in [0.29, 0.717) is 0 Å². The zero-order chi connectivity index (χ0) is 14.6. The number of aromatic amines is 1. The van der Waals surface area contributed by atoms with Crippen LogP contribution in [0.15, 0.2) is 24.4 Å². The lowest BCUT2D eigenvalue weighted by atomic mass is 10.1. The molecule has 0 aliphatic rings. The molecule has 2 aromatic rings. The summed E-state index contributed by atoms with van der Waals surface area (Å²) in [6.45, 7) is 3.95. The van der Waals surface area contributed by atoms with Crippen molar-refractivity contribution in [2.24, 2.45) is 0 Å². The van der Waals surface area contributed by atoms with Gasteiger partial charge in [-0.1, -0.05) is 13.0 Å². The van der Waals surface area contributed by atoms with Gasteiger partial charge in [0.05, 0.1) is 5.75 Å². The molecule has 0 fully saturated rings. The van der Waals surface area contributed by atoms with Gasteiger partial charge in [0.1, 0.15) is 0 Å². The van der Waals surface area contributed by atoms with E-state index in [4.69, 9.17) is 0 Å². The van der Waals surface area contributed by atoms with Crippen LogP contribution in [-0.4, -0.2) is 33.5 Å². The molecule has 0 aliphatic heterocycles. The highest BCUT2D eigenvalue weighted by atomic mass is 32.2. The van der Waals surface area contributed by atoms with Crippen LogP contribution in [0.1, 0.15) is 18.1 Å².